The van der Waals surface area contributed by atoms with Gasteiger partial charge in [-0.15, -0.1) is 0 Å². The van der Waals surface area contributed by atoms with Gasteiger partial charge in [-0.1, -0.05) is 6.92 Å². The van der Waals surface area contributed by atoms with Crippen molar-refractivity contribution in [2.45, 2.75) is 70.5 Å². The van der Waals surface area contributed by atoms with E-state index in [4.69, 9.17) is 5.73 Å². The summed E-state index contributed by atoms with van der Waals surface area (Å²) in [6, 6.07) is 0.236. The number of rotatable bonds is 3. The van der Waals surface area contributed by atoms with Gasteiger partial charge in [0.15, 0.2) is 0 Å². The summed E-state index contributed by atoms with van der Waals surface area (Å²) in [6.45, 7) is 8.31. The van der Waals surface area contributed by atoms with E-state index in [1.54, 1.807) is 0 Å². The van der Waals surface area contributed by atoms with Crippen LogP contribution in [0.4, 0.5) is 0 Å². The zero-order chi connectivity index (χ0) is 11.0. The summed E-state index contributed by atoms with van der Waals surface area (Å²) in [5.74, 6) is 0. The smallest absolute Gasteiger partial charge is 0.145 e. The van der Waals surface area contributed by atoms with E-state index in [9.17, 15) is 5.53 Å². The molecule has 2 N–H and O–H groups in total. The van der Waals surface area contributed by atoms with E-state index in [1.165, 1.54) is 4.70 Å². The van der Waals surface area contributed by atoms with E-state index < -0.39 is 0 Å². The highest BCUT2D eigenvalue weighted by Crippen LogP contribution is 2.33. The van der Waals surface area contributed by atoms with Crippen LogP contribution in [0.3, 0.4) is 0 Å². The Morgan fingerprint density at radius 2 is 2.14 bits per heavy atom. The Labute approximate surface area is 87.2 Å². The van der Waals surface area contributed by atoms with E-state index in [0.717, 1.165) is 25.7 Å². The first-order chi connectivity index (χ1) is 6.28. The highest BCUT2D eigenvalue weighted by atomic mass is 15.3. The van der Waals surface area contributed by atoms with Gasteiger partial charge in [0.2, 0.25) is 0 Å². The van der Waals surface area contributed by atoms with Crippen molar-refractivity contribution in [2.75, 3.05) is 0 Å². The Morgan fingerprint density at radius 3 is 2.50 bits per heavy atom. The normalized spacial score (nSPS) is 30.4. The average molecular weight is 197 g/mol. The van der Waals surface area contributed by atoms with Crippen LogP contribution in [-0.4, -0.2) is 21.8 Å². The van der Waals surface area contributed by atoms with Gasteiger partial charge in [-0.25, -0.2) is 0 Å². The highest BCUT2D eigenvalue weighted by Gasteiger charge is 2.41. The minimum atomic E-state index is -0.147. The Kier molecular flexibility index (Phi) is 3.00. The van der Waals surface area contributed by atoms with Crippen molar-refractivity contribution in [1.82, 2.24) is 0 Å². The summed E-state index contributed by atoms with van der Waals surface area (Å²) in [7, 11) is 0. The van der Waals surface area contributed by atoms with E-state index in [-0.39, 0.29) is 17.1 Å². The summed E-state index contributed by atoms with van der Waals surface area (Å²) in [5, 5.41) is 0. The number of hydrogen-bond acceptors (Lipinski definition) is 1. The topological polar surface area (TPSA) is 51.3 Å². The molecule has 0 radical (unpaired) electrons. The zero-order valence-electron chi connectivity index (χ0n) is 9.88. The molecule has 3 heteroatoms. The molecule has 0 aromatic rings. The standard InChI is InChI=1S/C11H23N3/c1-5-11(4,12)8-9-6-7-10(2,3)14(9)13/h9H,5-8,12H2,1-4H3. The van der Waals surface area contributed by atoms with Crippen LogP contribution in [0.5, 0.6) is 0 Å². The van der Waals surface area contributed by atoms with E-state index in [0.29, 0.717) is 0 Å². The Balaban J connectivity index is 2.62. The molecule has 3 nitrogen and oxygen atoms in total. The lowest BCUT2D eigenvalue weighted by molar-refractivity contribution is -0.630. The number of nitrogens with zero attached hydrogens (tertiary/aromatic N) is 2. The monoisotopic (exact) mass is 197 g/mol. The van der Waals surface area contributed by atoms with E-state index >= 15 is 0 Å². The molecular formula is C11H23N3. The lowest BCUT2D eigenvalue weighted by atomic mass is 9.91. The molecule has 2 unspecified atom stereocenters. The molecule has 1 aliphatic heterocycles. The molecule has 14 heavy (non-hydrogen) atoms. The van der Waals surface area contributed by atoms with Crippen molar-refractivity contribution < 1.29 is 4.70 Å². The minimum absolute atomic E-state index is 0.0749. The van der Waals surface area contributed by atoms with Crippen LogP contribution in [0, 0.1) is 0 Å². The number of hydrogen-bond donors (Lipinski definition) is 1. The predicted octanol–water partition coefficient (Wildman–Crippen LogP) is 2.48. The molecular weight excluding hydrogens is 174 g/mol. The molecule has 1 saturated heterocycles. The van der Waals surface area contributed by atoms with Gasteiger partial charge in [0.25, 0.3) is 0 Å². The zero-order valence-corrected chi connectivity index (χ0v) is 9.88. The van der Waals surface area contributed by atoms with Crippen LogP contribution in [0.2, 0.25) is 0 Å². The fraction of sp³-hybridized carbons (Fsp3) is 1.00. The first-order valence-electron chi connectivity index (χ1n) is 5.55. The molecule has 0 aromatic heterocycles. The second-order valence-electron chi connectivity index (χ2n) is 5.56. The van der Waals surface area contributed by atoms with Crippen molar-refractivity contribution >= 4 is 0 Å². The van der Waals surface area contributed by atoms with Gasteiger partial charge in [-0.3, -0.25) is 0 Å². The first kappa shape index (κ1) is 11.6. The van der Waals surface area contributed by atoms with Gasteiger partial charge in [-0.05, 0) is 27.2 Å². The highest BCUT2D eigenvalue weighted by molar-refractivity contribution is 4.85. The molecule has 0 amide bonds. The molecule has 1 aliphatic rings. The van der Waals surface area contributed by atoms with Crippen LogP contribution in [0.1, 0.15) is 53.4 Å². The third-order valence-corrected chi connectivity index (χ3v) is 3.57. The van der Waals surface area contributed by atoms with E-state index in [2.05, 4.69) is 27.7 Å². The minimum Gasteiger partial charge on any atom is -0.506 e. The fourth-order valence-corrected chi connectivity index (χ4v) is 2.12. The summed E-state index contributed by atoms with van der Waals surface area (Å²) in [6.07, 6.45) is 3.94. The Hall–Kier alpha value is -0.440. The number of nitrogens with two attached hydrogens (primary N) is 1. The maximum absolute atomic E-state index is 9.95. The molecule has 0 bridgehead atoms. The second-order valence-corrected chi connectivity index (χ2v) is 5.56. The predicted molar refractivity (Wildman–Crippen MR) is 58.2 cm³/mol. The molecule has 82 valence electrons. The summed E-state index contributed by atoms with van der Waals surface area (Å²) in [5.41, 5.74) is 15.8. The van der Waals surface area contributed by atoms with Crippen molar-refractivity contribution in [2.24, 2.45) is 5.73 Å². The molecule has 0 saturated carbocycles. The maximum atomic E-state index is 9.95. The summed E-state index contributed by atoms with van der Waals surface area (Å²) in [4.78, 5) is 0. The molecule has 1 heterocycles. The molecule has 1 rings (SSSR count). The molecule has 0 aromatic carbocycles. The molecule has 2 atom stereocenters. The van der Waals surface area contributed by atoms with Crippen molar-refractivity contribution in [3.63, 3.8) is 0 Å². The van der Waals surface area contributed by atoms with E-state index in [1.807, 2.05) is 0 Å². The largest absolute Gasteiger partial charge is 0.506 e. The third-order valence-electron chi connectivity index (χ3n) is 3.57. The summed E-state index contributed by atoms with van der Waals surface area (Å²) >= 11 is 0. The third kappa shape index (κ3) is 2.32. The lowest BCUT2D eigenvalue weighted by Gasteiger charge is -2.28. The van der Waals surface area contributed by atoms with Crippen molar-refractivity contribution in [1.29, 1.82) is 0 Å². The SMILES string of the molecule is CCC(C)(N)CC1CCC(C)(C)[N+]1=[N-]. The van der Waals surface area contributed by atoms with Crippen LogP contribution < -0.4 is 5.73 Å². The Bertz CT molecular complexity index is 231. The fourth-order valence-electron chi connectivity index (χ4n) is 2.12. The summed E-state index contributed by atoms with van der Waals surface area (Å²) < 4.78 is 1.51. The van der Waals surface area contributed by atoms with Gasteiger partial charge in [0.1, 0.15) is 11.6 Å². The van der Waals surface area contributed by atoms with Crippen LogP contribution in [0.25, 0.3) is 5.53 Å². The quantitative estimate of drug-likeness (QED) is 0.694. The maximum Gasteiger partial charge on any atom is 0.145 e. The van der Waals surface area contributed by atoms with Gasteiger partial charge in [0, 0.05) is 24.8 Å². The average Bonchev–Trinajstić information content (AvgIpc) is 2.32. The van der Waals surface area contributed by atoms with Crippen LogP contribution >= 0.6 is 0 Å². The molecule has 1 fully saturated rings. The van der Waals surface area contributed by atoms with Gasteiger partial charge in [0.05, 0.1) is 0 Å². The Morgan fingerprint density at radius 1 is 1.57 bits per heavy atom. The molecule has 0 aliphatic carbocycles. The van der Waals surface area contributed by atoms with Crippen LogP contribution in [-0.2, 0) is 0 Å². The van der Waals surface area contributed by atoms with Gasteiger partial charge < -0.3 is 16.0 Å². The van der Waals surface area contributed by atoms with Gasteiger partial charge >= 0.3 is 0 Å². The van der Waals surface area contributed by atoms with Crippen molar-refractivity contribution in [3.05, 3.63) is 5.53 Å². The van der Waals surface area contributed by atoms with Crippen LogP contribution in [0.15, 0.2) is 0 Å². The molecule has 0 spiro atoms. The first-order valence-corrected chi connectivity index (χ1v) is 5.55. The lowest BCUT2D eigenvalue weighted by Crippen LogP contribution is -2.42. The second kappa shape index (κ2) is 3.61. The van der Waals surface area contributed by atoms with Gasteiger partial charge in [-0.2, -0.15) is 0 Å². The van der Waals surface area contributed by atoms with Crippen molar-refractivity contribution in [3.8, 4) is 0 Å².